The molecule has 0 aromatic heterocycles. The summed E-state index contributed by atoms with van der Waals surface area (Å²) in [6.45, 7) is 4.00. The first-order chi connectivity index (χ1) is 6.20. The Bertz CT molecular complexity index is 164. The third-order valence-corrected chi connectivity index (χ3v) is 2.89. The van der Waals surface area contributed by atoms with Crippen LogP contribution in [0.2, 0.25) is 0 Å². The first-order valence-electron chi connectivity index (χ1n) is 5.13. The minimum absolute atomic E-state index is 0.171. The summed E-state index contributed by atoms with van der Waals surface area (Å²) in [6, 6.07) is 0. The molecule has 1 saturated heterocycles. The fourth-order valence-corrected chi connectivity index (χ4v) is 1.78. The highest BCUT2D eigenvalue weighted by Gasteiger charge is 2.16. The summed E-state index contributed by atoms with van der Waals surface area (Å²) in [5.74, 6) is -0.0770. The Kier molecular flexibility index (Phi) is 4.22. The lowest BCUT2D eigenvalue weighted by atomic mass is 9.90. The van der Waals surface area contributed by atoms with Crippen molar-refractivity contribution in [3.05, 3.63) is 0 Å². The Labute approximate surface area is 79.5 Å². The summed E-state index contributed by atoms with van der Waals surface area (Å²) in [4.78, 5) is 10.6. The third-order valence-electron chi connectivity index (χ3n) is 2.89. The summed E-state index contributed by atoms with van der Waals surface area (Å²) >= 11 is 0. The average Bonchev–Trinajstić information content (AvgIpc) is 2.15. The number of hydrogen-bond donors (Lipinski definition) is 2. The lowest BCUT2D eigenvalue weighted by Crippen LogP contribution is -2.28. The van der Waals surface area contributed by atoms with Crippen molar-refractivity contribution in [2.75, 3.05) is 13.1 Å². The fraction of sp³-hybridized carbons (Fsp3) is 0.900. The van der Waals surface area contributed by atoms with Crippen LogP contribution in [0.1, 0.15) is 32.6 Å². The smallest absolute Gasteiger partial charge is 0.306 e. The standard InChI is InChI=1S/C10H19NO2/c1-8(10(12)13)2-3-9-4-6-11-7-5-9/h8-9,11H,2-7H2,1H3,(H,12,13). The molecule has 76 valence electrons. The molecule has 1 atom stereocenters. The van der Waals surface area contributed by atoms with Gasteiger partial charge >= 0.3 is 5.97 Å². The van der Waals surface area contributed by atoms with Crippen molar-refractivity contribution in [1.29, 1.82) is 0 Å². The highest BCUT2D eigenvalue weighted by molar-refractivity contribution is 5.69. The zero-order valence-electron chi connectivity index (χ0n) is 8.25. The quantitative estimate of drug-likeness (QED) is 0.697. The van der Waals surface area contributed by atoms with Crippen LogP contribution in [-0.4, -0.2) is 24.2 Å². The van der Waals surface area contributed by atoms with Gasteiger partial charge in [-0.3, -0.25) is 4.79 Å². The van der Waals surface area contributed by atoms with Gasteiger partial charge in [-0.25, -0.2) is 0 Å². The Balaban J connectivity index is 2.13. The van der Waals surface area contributed by atoms with E-state index in [-0.39, 0.29) is 5.92 Å². The molecule has 0 aromatic carbocycles. The van der Waals surface area contributed by atoms with Crippen LogP contribution in [0.25, 0.3) is 0 Å². The molecule has 0 radical (unpaired) electrons. The highest BCUT2D eigenvalue weighted by atomic mass is 16.4. The number of carboxylic acids is 1. The van der Waals surface area contributed by atoms with Gasteiger partial charge < -0.3 is 10.4 Å². The van der Waals surface area contributed by atoms with Gasteiger partial charge in [-0.2, -0.15) is 0 Å². The molecular weight excluding hydrogens is 166 g/mol. The van der Waals surface area contributed by atoms with Crippen molar-refractivity contribution in [1.82, 2.24) is 5.32 Å². The van der Waals surface area contributed by atoms with E-state index >= 15 is 0 Å². The van der Waals surface area contributed by atoms with Gasteiger partial charge in [0.25, 0.3) is 0 Å². The number of piperidine rings is 1. The normalized spacial score (nSPS) is 21.3. The SMILES string of the molecule is CC(CCC1CCNCC1)C(=O)O. The number of rotatable bonds is 4. The van der Waals surface area contributed by atoms with E-state index in [1.54, 1.807) is 6.92 Å². The van der Waals surface area contributed by atoms with Crippen LogP contribution in [0, 0.1) is 11.8 Å². The van der Waals surface area contributed by atoms with Gasteiger partial charge in [0.1, 0.15) is 0 Å². The molecule has 1 aliphatic heterocycles. The van der Waals surface area contributed by atoms with Gasteiger partial charge in [-0.15, -0.1) is 0 Å². The zero-order chi connectivity index (χ0) is 9.68. The molecule has 2 N–H and O–H groups in total. The van der Waals surface area contributed by atoms with Crippen molar-refractivity contribution in [2.45, 2.75) is 32.6 Å². The molecule has 1 rings (SSSR count). The lowest BCUT2D eigenvalue weighted by molar-refractivity contribution is -0.141. The Morgan fingerprint density at radius 3 is 2.69 bits per heavy atom. The molecule has 1 unspecified atom stereocenters. The molecule has 0 amide bonds. The second-order valence-corrected chi connectivity index (χ2v) is 4.01. The second kappa shape index (κ2) is 5.22. The van der Waals surface area contributed by atoms with Crippen LogP contribution in [0.15, 0.2) is 0 Å². The molecule has 1 fully saturated rings. The average molecular weight is 185 g/mol. The third kappa shape index (κ3) is 3.77. The van der Waals surface area contributed by atoms with Crippen LogP contribution < -0.4 is 5.32 Å². The van der Waals surface area contributed by atoms with Crippen LogP contribution >= 0.6 is 0 Å². The van der Waals surface area contributed by atoms with Crippen molar-refractivity contribution in [3.8, 4) is 0 Å². The predicted octanol–water partition coefficient (Wildman–Crippen LogP) is 1.49. The van der Waals surface area contributed by atoms with E-state index < -0.39 is 5.97 Å². The predicted molar refractivity (Wildman–Crippen MR) is 51.6 cm³/mol. The van der Waals surface area contributed by atoms with Gasteiger partial charge in [0.05, 0.1) is 5.92 Å². The molecule has 0 aliphatic carbocycles. The number of carboxylic acid groups (broad SMARTS) is 1. The molecule has 13 heavy (non-hydrogen) atoms. The van der Waals surface area contributed by atoms with Gasteiger partial charge in [-0.05, 0) is 44.7 Å². The summed E-state index contributed by atoms with van der Waals surface area (Å²) in [5, 5.41) is 12.0. The minimum atomic E-state index is -0.658. The Morgan fingerprint density at radius 1 is 1.54 bits per heavy atom. The van der Waals surface area contributed by atoms with Crippen molar-refractivity contribution in [3.63, 3.8) is 0 Å². The van der Waals surface area contributed by atoms with E-state index in [4.69, 9.17) is 5.11 Å². The Morgan fingerprint density at radius 2 is 2.15 bits per heavy atom. The van der Waals surface area contributed by atoms with Crippen LogP contribution in [-0.2, 0) is 4.79 Å². The maximum Gasteiger partial charge on any atom is 0.306 e. The number of carbonyl (C=O) groups is 1. The minimum Gasteiger partial charge on any atom is -0.481 e. The Hall–Kier alpha value is -0.570. The first-order valence-corrected chi connectivity index (χ1v) is 5.13. The van der Waals surface area contributed by atoms with Gasteiger partial charge in [-0.1, -0.05) is 6.92 Å². The summed E-state index contributed by atoms with van der Waals surface area (Å²) in [5.41, 5.74) is 0. The fourth-order valence-electron chi connectivity index (χ4n) is 1.78. The van der Waals surface area contributed by atoms with Crippen molar-refractivity contribution in [2.24, 2.45) is 11.8 Å². The van der Waals surface area contributed by atoms with Gasteiger partial charge in [0, 0.05) is 0 Å². The molecule has 0 aromatic rings. The molecule has 3 heteroatoms. The highest BCUT2D eigenvalue weighted by Crippen LogP contribution is 2.20. The summed E-state index contributed by atoms with van der Waals surface area (Å²) in [6.07, 6.45) is 4.34. The molecule has 0 bridgehead atoms. The number of aliphatic carboxylic acids is 1. The van der Waals surface area contributed by atoms with Gasteiger partial charge in [0.2, 0.25) is 0 Å². The molecular formula is C10H19NO2. The topological polar surface area (TPSA) is 49.3 Å². The number of hydrogen-bond acceptors (Lipinski definition) is 2. The van der Waals surface area contributed by atoms with Crippen molar-refractivity contribution >= 4 is 5.97 Å². The molecule has 0 spiro atoms. The largest absolute Gasteiger partial charge is 0.481 e. The van der Waals surface area contributed by atoms with Crippen LogP contribution in [0.4, 0.5) is 0 Å². The summed E-state index contributed by atoms with van der Waals surface area (Å²) in [7, 11) is 0. The monoisotopic (exact) mass is 185 g/mol. The second-order valence-electron chi connectivity index (χ2n) is 4.01. The van der Waals surface area contributed by atoms with Crippen LogP contribution in [0.5, 0.6) is 0 Å². The molecule has 0 saturated carbocycles. The lowest BCUT2D eigenvalue weighted by Gasteiger charge is -2.22. The summed E-state index contributed by atoms with van der Waals surface area (Å²) < 4.78 is 0. The molecule has 1 aliphatic rings. The van der Waals surface area contributed by atoms with E-state index in [9.17, 15) is 4.79 Å². The number of nitrogens with one attached hydrogen (secondary N) is 1. The first kappa shape index (κ1) is 10.5. The molecule has 3 nitrogen and oxygen atoms in total. The van der Waals surface area contributed by atoms with E-state index in [0.29, 0.717) is 0 Å². The zero-order valence-corrected chi connectivity index (χ0v) is 8.25. The van der Waals surface area contributed by atoms with E-state index in [1.165, 1.54) is 12.8 Å². The van der Waals surface area contributed by atoms with Gasteiger partial charge in [0.15, 0.2) is 0 Å². The van der Waals surface area contributed by atoms with E-state index in [1.807, 2.05) is 0 Å². The maximum atomic E-state index is 10.6. The maximum absolute atomic E-state index is 10.6. The molecule has 1 heterocycles. The van der Waals surface area contributed by atoms with E-state index in [2.05, 4.69) is 5.32 Å². The van der Waals surface area contributed by atoms with E-state index in [0.717, 1.165) is 31.8 Å². The van der Waals surface area contributed by atoms with Crippen LogP contribution in [0.3, 0.4) is 0 Å². The van der Waals surface area contributed by atoms with Crippen molar-refractivity contribution < 1.29 is 9.90 Å².